The minimum absolute atomic E-state index is 0.129. The fourth-order valence-corrected chi connectivity index (χ4v) is 2.06. The van der Waals surface area contributed by atoms with Crippen LogP contribution in [0.5, 0.6) is 0 Å². The Balaban J connectivity index is 1.79. The van der Waals surface area contributed by atoms with Gasteiger partial charge in [-0.2, -0.15) is 0 Å². The third-order valence-corrected chi connectivity index (χ3v) is 2.96. The van der Waals surface area contributed by atoms with Crippen LogP contribution in [-0.2, 0) is 19.0 Å². The Morgan fingerprint density at radius 3 is 2.71 bits per heavy atom. The Morgan fingerprint density at radius 1 is 1.18 bits per heavy atom. The number of hydrogen-bond donors (Lipinski definition) is 1. The summed E-state index contributed by atoms with van der Waals surface area (Å²) in [4.78, 5) is 11.2. The number of aliphatic hydroxyl groups is 1. The zero-order valence-electron chi connectivity index (χ0n) is 8.98. The fraction of sp³-hybridized carbons (Fsp3) is 0.417. The van der Waals surface area contributed by atoms with Gasteiger partial charge in [0.25, 0.3) is 0 Å². The van der Waals surface area contributed by atoms with Gasteiger partial charge in [-0.15, -0.1) is 0 Å². The Morgan fingerprint density at radius 2 is 1.94 bits per heavy atom. The molecule has 5 nitrogen and oxygen atoms in total. The molecule has 0 radical (unpaired) electrons. The number of cyclic esters (lactones) is 1. The Kier molecular flexibility index (Phi) is 2.58. The molecule has 17 heavy (non-hydrogen) atoms. The molecular formula is C12H12O5. The van der Waals surface area contributed by atoms with Crippen molar-refractivity contribution in [2.45, 2.75) is 24.6 Å². The second-order valence-corrected chi connectivity index (χ2v) is 4.09. The van der Waals surface area contributed by atoms with Crippen molar-refractivity contribution in [3.05, 3.63) is 35.9 Å². The van der Waals surface area contributed by atoms with Crippen molar-refractivity contribution in [2.75, 3.05) is 6.61 Å². The molecule has 1 aromatic rings. The van der Waals surface area contributed by atoms with Gasteiger partial charge in [-0.3, -0.25) is 0 Å². The summed E-state index contributed by atoms with van der Waals surface area (Å²) in [6.07, 6.45) is -2.84. The molecule has 0 bridgehead atoms. The summed E-state index contributed by atoms with van der Waals surface area (Å²) in [5.41, 5.74) is 0.863. The molecule has 3 rings (SSSR count). The molecule has 0 saturated carbocycles. The van der Waals surface area contributed by atoms with E-state index in [4.69, 9.17) is 14.2 Å². The molecule has 1 aromatic carbocycles. The Labute approximate surface area is 97.9 Å². The number of esters is 1. The summed E-state index contributed by atoms with van der Waals surface area (Å²) in [5, 5.41) is 9.63. The van der Waals surface area contributed by atoms with Gasteiger partial charge in [-0.1, -0.05) is 30.3 Å². The third-order valence-electron chi connectivity index (χ3n) is 2.96. The molecule has 2 aliphatic rings. The molecule has 2 heterocycles. The quantitative estimate of drug-likeness (QED) is 0.714. The van der Waals surface area contributed by atoms with Gasteiger partial charge in [0.2, 0.25) is 0 Å². The van der Waals surface area contributed by atoms with Crippen molar-refractivity contribution in [1.82, 2.24) is 0 Å². The van der Waals surface area contributed by atoms with E-state index < -0.39 is 30.6 Å². The van der Waals surface area contributed by atoms with Crippen molar-refractivity contribution >= 4 is 5.97 Å². The van der Waals surface area contributed by atoms with Crippen molar-refractivity contribution in [3.63, 3.8) is 0 Å². The summed E-state index contributed by atoms with van der Waals surface area (Å²) in [7, 11) is 0. The SMILES string of the molecule is O=C1OC[C@@H]2OC(c3ccccc3)O[C@@H]2[C@@H]1O. The smallest absolute Gasteiger partial charge is 0.337 e. The first-order valence-electron chi connectivity index (χ1n) is 5.46. The molecule has 0 spiro atoms. The highest BCUT2D eigenvalue weighted by atomic mass is 16.7. The lowest BCUT2D eigenvalue weighted by Gasteiger charge is -2.25. The van der Waals surface area contributed by atoms with Crippen LogP contribution in [0.1, 0.15) is 11.9 Å². The molecule has 2 saturated heterocycles. The number of rotatable bonds is 1. The van der Waals surface area contributed by atoms with Crippen LogP contribution in [-0.4, -0.2) is 36.0 Å². The summed E-state index contributed by atoms with van der Waals surface area (Å²) in [6, 6.07) is 9.39. The standard InChI is InChI=1S/C12H12O5/c13-9-10-8(6-15-11(9)14)16-12(17-10)7-4-2-1-3-5-7/h1-5,8-10,12-13H,6H2/t8-,9-,10-,12?/m0/s1. The van der Waals surface area contributed by atoms with Crippen LogP contribution in [0.15, 0.2) is 30.3 Å². The number of ether oxygens (including phenoxy) is 3. The van der Waals surface area contributed by atoms with Crippen LogP contribution in [0.4, 0.5) is 0 Å². The van der Waals surface area contributed by atoms with E-state index in [1.54, 1.807) is 0 Å². The molecule has 0 aliphatic carbocycles. The van der Waals surface area contributed by atoms with E-state index in [0.29, 0.717) is 0 Å². The van der Waals surface area contributed by atoms with E-state index in [0.717, 1.165) is 5.56 Å². The molecule has 4 atom stereocenters. The first-order chi connectivity index (χ1) is 8.25. The number of aliphatic hydroxyl groups excluding tert-OH is 1. The van der Waals surface area contributed by atoms with Gasteiger partial charge in [-0.05, 0) is 0 Å². The lowest BCUT2D eigenvalue weighted by Crippen LogP contribution is -2.48. The fourth-order valence-electron chi connectivity index (χ4n) is 2.06. The van der Waals surface area contributed by atoms with Crippen molar-refractivity contribution in [1.29, 1.82) is 0 Å². The Bertz CT molecular complexity index is 418. The number of benzene rings is 1. The molecule has 90 valence electrons. The summed E-state index contributed by atoms with van der Waals surface area (Å²) >= 11 is 0. The van der Waals surface area contributed by atoms with Gasteiger partial charge >= 0.3 is 5.97 Å². The van der Waals surface area contributed by atoms with Gasteiger partial charge in [0.15, 0.2) is 12.4 Å². The van der Waals surface area contributed by atoms with E-state index in [-0.39, 0.29) is 6.61 Å². The van der Waals surface area contributed by atoms with E-state index in [9.17, 15) is 9.90 Å². The maximum atomic E-state index is 11.2. The molecule has 0 aromatic heterocycles. The summed E-state index contributed by atoms with van der Waals surface area (Å²) in [6.45, 7) is 0.129. The van der Waals surface area contributed by atoms with Crippen molar-refractivity contribution in [3.8, 4) is 0 Å². The first kappa shape index (κ1) is 10.7. The second-order valence-electron chi connectivity index (χ2n) is 4.09. The third kappa shape index (κ3) is 1.82. The molecule has 2 fully saturated rings. The highest BCUT2D eigenvalue weighted by Gasteiger charge is 2.48. The highest BCUT2D eigenvalue weighted by Crippen LogP contribution is 2.34. The predicted octanol–water partition coefficient (Wildman–Crippen LogP) is 0.387. The van der Waals surface area contributed by atoms with Crippen LogP contribution in [0, 0.1) is 0 Å². The van der Waals surface area contributed by atoms with Crippen LogP contribution in [0.25, 0.3) is 0 Å². The first-order valence-corrected chi connectivity index (χ1v) is 5.46. The molecule has 5 heteroatoms. The zero-order chi connectivity index (χ0) is 11.8. The van der Waals surface area contributed by atoms with E-state index in [1.807, 2.05) is 30.3 Å². The zero-order valence-corrected chi connectivity index (χ0v) is 8.98. The predicted molar refractivity (Wildman–Crippen MR) is 55.9 cm³/mol. The normalized spacial score (nSPS) is 36.4. The lowest BCUT2D eigenvalue weighted by atomic mass is 10.1. The average molecular weight is 236 g/mol. The van der Waals surface area contributed by atoms with Crippen molar-refractivity contribution < 1.29 is 24.1 Å². The number of carbonyl (C=O) groups is 1. The van der Waals surface area contributed by atoms with Gasteiger partial charge in [0.1, 0.15) is 18.8 Å². The number of hydrogen-bond acceptors (Lipinski definition) is 5. The van der Waals surface area contributed by atoms with Crippen LogP contribution < -0.4 is 0 Å². The minimum Gasteiger partial charge on any atom is -0.461 e. The number of fused-ring (bicyclic) bond motifs is 1. The topological polar surface area (TPSA) is 65.0 Å². The number of carbonyl (C=O) groups excluding carboxylic acids is 1. The average Bonchev–Trinajstić information content (AvgIpc) is 2.80. The monoisotopic (exact) mass is 236 g/mol. The van der Waals surface area contributed by atoms with Crippen molar-refractivity contribution in [2.24, 2.45) is 0 Å². The van der Waals surface area contributed by atoms with Crippen LogP contribution in [0.2, 0.25) is 0 Å². The minimum atomic E-state index is -1.26. The van der Waals surface area contributed by atoms with E-state index in [2.05, 4.69) is 0 Å². The van der Waals surface area contributed by atoms with E-state index >= 15 is 0 Å². The molecular weight excluding hydrogens is 224 g/mol. The van der Waals surface area contributed by atoms with Gasteiger partial charge in [-0.25, -0.2) is 4.79 Å². The largest absolute Gasteiger partial charge is 0.461 e. The highest BCUT2D eigenvalue weighted by molar-refractivity contribution is 5.76. The van der Waals surface area contributed by atoms with Gasteiger partial charge in [0, 0.05) is 5.56 Å². The molecule has 1 N–H and O–H groups in total. The van der Waals surface area contributed by atoms with Gasteiger partial charge in [0.05, 0.1) is 0 Å². The molecule has 1 unspecified atom stereocenters. The lowest BCUT2D eigenvalue weighted by molar-refractivity contribution is -0.173. The van der Waals surface area contributed by atoms with Gasteiger partial charge < -0.3 is 19.3 Å². The maximum Gasteiger partial charge on any atom is 0.337 e. The maximum absolute atomic E-state index is 11.2. The van der Waals surface area contributed by atoms with Crippen LogP contribution in [0.3, 0.4) is 0 Å². The van der Waals surface area contributed by atoms with Crippen LogP contribution >= 0.6 is 0 Å². The molecule has 0 amide bonds. The molecule has 2 aliphatic heterocycles. The summed E-state index contributed by atoms with van der Waals surface area (Å²) < 4.78 is 16.0. The Hall–Kier alpha value is -1.43. The second kappa shape index (κ2) is 4.10. The summed E-state index contributed by atoms with van der Waals surface area (Å²) in [5.74, 6) is -0.649. The van der Waals surface area contributed by atoms with E-state index in [1.165, 1.54) is 0 Å².